The van der Waals surface area contributed by atoms with Crippen LogP contribution in [0.3, 0.4) is 0 Å². The second-order valence-electron chi connectivity index (χ2n) is 16.7. The first-order chi connectivity index (χ1) is 29.6. The molecule has 0 aromatic heterocycles. The van der Waals surface area contributed by atoms with Gasteiger partial charge in [0.2, 0.25) is 0 Å². The SMILES string of the molecule is CCCCCCOc1cc2c3cc(OCCCCCC)c(OCCCCCC)cc3c3cc(OCCCCCBr)c(OCCCCCC)cc3c2cc1OCCCCCC. The van der Waals surface area contributed by atoms with Crippen molar-refractivity contribution >= 4 is 48.2 Å². The first-order valence-electron chi connectivity index (χ1n) is 24.5. The number of hydrogen-bond donors (Lipinski definition) is 0. The van der Waals surface area contributed by atoms with E-state index in [0.29, 0.717) is 39.6 Å². The molecule has 60 heavy (non-hydrogen) atoms. The Morgan fingerprint density at radius 1 is 0.267 bits per heavy atom. The number of fused-ring (bicyclic) bond motifs is 6. The van der Waals surface area contributed by atoms with Gasteiger partial charge in [-0.15, -0.1) is 0 Å². The van der Waals surface area contributed by atoms with Crippen molar-refractivity contribution < 1.29 is 28.4 Å². The summed E-state index contributed by atoms with van der Waals surface area (Å²) in [6, 6.07) is 13.4. The van der Waals surface area contributed by atoms with E-state index in [1.807, 2.05) is 0 Å². The molecule has 0 spiro atoms. The van der Waals surface area contributed by atoms with E-state index in [-0.39, 0.29) is 0 Å². The van der Waals surface area contributed by atoms with E-state index < -0.39 is 0 Å². The van der Waals surface area contributed by atoms with E-state index >= 15 is 0 Å². The predicted octanol–water partition coefficient (Wildman–Crippen LogP) is 16.9. The number of hydrogen-bond acceptors (Lipinski definition) is 6. The Bertz CT molecular complexity index is 1410. The highest BCUT2D eigenvalue weighted by atomic mass is 79.9. The van der Waals surface area contributed by atoms with Gasteiger partial charge in [-0.2, -0.15) is 0 Å². The molecule has 0 saturated carbocycles. The van der Waals surface area contributed by atoms with Crippen molar-refractivity contribution in [1.82, 2.24) is 0 Å². The summed E-state index contributed by atoms with van der Waals surface area (Å²) in [5, 5.41) is 7.68. The number of ether oxygens (including phenoxy) is 6. The second-order valence-corrected chi connectivity index (χ2v) is 17.5. The molecule has 0 saturated heterocycles. The molecular formula is C53H81BrO6. The Morgan fingerprint density at radius 2 is 0.450 bits per heavy atom. The van der Waals surface area contributed by atoms with Gasteiger partial charge in [0.05, 0.1) is 39.6 Å². The minimum absolute atomic E-state index is 0.646. The van der Waals surface area contributed by atoms with Crippen LogP contribution in [-0.4, -0.2) is 45.0 Å². The Morgan fingerprint density at radius 3 is 0.617 bits per heavy atom. The highest BCUT2D eigenvalue weighted by Gasteiger charge is 2.21. The lowest BCUT2D eigenvalue weighted by Crippen LogP contribution is -2.05. The zero-order valence-electron chi connectivity index (χ0n) is 38.5. The van der Waals surface area contributed by atoms with E-state index in [0.717, 1.165) is 156 Å². The molecule has 0 heterocycles. The predicted molar refractivity (Wildman–Crippen MR) is 260 cm³/mol. The Kier molecular flexibility index (Phi) is 24.9. The lowest BCUT2D eigenvalue weighted by molar-refractivity contribution is 0.259. The molecule has 4 rings (SSSR count). The molecule has 0 atom stereocenters. The van der Waals surface area contributed by atoms with Crippen LogP contribution in [0.15, 0.2) is 36.4 Å². The summed E-state index contributed by atoms with van der Waals surface area (Å²) in [6.45, 7) is 15.2. The largest absolute Gasteiger partial charge is 0.490 e. The number of halogens is 1. The maximum atomic E-state index is 6.64. The third-order valence-electron chi connectivity index (χ3n) is 11.4. The van der Waals surface area contributed by atoms with Gasteiger partial charge in [-0.1, -0.05) is 147 Å². The highest BCUT2D eigenvalue weighted by Crippen LogP contribution is 2.47. The van der Waals surface area contributed by atoms with Gasteiger partial charge in [-0.25, -0.2) is 0 Å². The van der Waals surface area contributed by atoms with Crippen LogP contribution in [0.2, 0.25) is 0 Å². The average molecular weight is 894 g/mol. The summed E-state index contributed by atoms with van der Waals surface area (Å²) >= 11 is 3.59. The summed E-state index contributed by atoms with van der Waals surface area (Å²) in [5.41, 5.74) is 0. The summed E-state index contributed by atoms with van der Waals surface area (Å²) in [6.07, 6.45) is 26.2. The van der Waals surface area contributed by atoms with E-state index in [4.69, 9.17) is 28.4 Å². The fourth-order valence-electron chi connectivity index (χ4n) is 7.80. The molecule has 0 N–H and O–H groups in total. The highest BCUT2D eigenvalue weighted by molar-refractivity contribution is 9.09. The molecule has 6 nitrogen and oxygen atoms in total. The first kappa shape index (κ1) is 49.6. The molecule has 0 aliphatic heterocycles. The van der Waals surface area contributed by atoms with Crippen molar-refractivity contribution in [3.63, 3.8) is 0 Å². The Balaban J connectivity index is 1.95. The summed E-state index contributed by atoms with van der Waals surface area (Å²) < 4.78 is 39.8. The van der Waals surface area contributed by atoms with E-state index in [2.05, 4.69) is 86.9 Å². The normalized spacial score (nSPS) is 11.5. The summed E-state index contributed by atoms with van der Waals surface area (Å²) in [7, 11) is 0. The standard InChI is InChI=1S/C53H81BrO6/c1-6-11-16-23-30-55-48-36-42-43-37-49(56-31-24-17-12-7-2)51(58-33-26-19-14-9-4)39-45(43)47-41-53(60-35-28-21-22-29-54)52(59-34-27-20-15-10-5)40-46(47)44(42)38-50(48)57-32-25-18-13-8-3/h36-41H,6-35H2,1-5H3. The van der Waals surface area contributed by atoms with Crippen molar-refractivity contribution in [2.75, 3.05) is 45.0 Å². The molecule has 0 aliphatic carbocycles. The van der Waals surface area contributed by atoms with Crippen LogP contribution in [0.1, 0.15) is 182 Å². The van der Waals surface area contributed by atoms with Crippen LogP contribution in [0.5, 0.6) is 34.5 Å². The van der Waals surface area contributed by atoms with Crippen LogP contribution in [0.25, 0.3) is 32.3 Å². The molecule has 0 unspecified atom stereocenters. The molecule has 4 aromatic carbocycles. The van der Waals surface area contributed by atoms with Crippen LogP contribution >= 0.6 is 15.9 Å². The monoisotopic (exact) mass is 893 g/mol. The minimum atomic E-state index is 0.646. The van der Waals surface area contributed by atoms with Crippen LogP contribution in [-0.2, 0) is 0 Å². The number of unbranched alkanes of at least 4 members (excludes halogenated alkanes) is 17. The third-order valence-corrected chi connectivity index (χ3v) is 12.0. The number of benzene rings is 4. The average Bonchev–Trinajstić information content (AvgIpc) is 3.26. The van der Waals surface area contributed by atoms with Crippen LogP contribution < -0.4 is 28.4 Å². The Labute approximate surface area is 373 Å². The maximum absolute atomic E-state index is 6.64. The molecular weight excluding hydrogens is 812 g/mol. The minimum Gasteiger partial charge on any atom is -0.490 e. The fourth-order valence-corrected chi connectivity index (χ4v) is 8.20. The Hall–Kier alpha value is -3.06. The van der Waals surface area contributed by atoms with E-state index in [9.17, 15) is 0 Å². The lowest BCUT2D eigenvalue weighted by atomic mass is 9.93. The molecule has 0 aliphatic rings. The molecule has 0 amide bonds. The van der Waals surface area contributed by atoms with Crippen LogP contribution in [0, 0.1) is 0 Å². The first-order valence-corrected chi connectivity index (χ1v) is 25.6. The molecule has 4 aromatic rings. The molecule has 336 valence electrons. The zero-order valence-corrected chi connectivity index (χ0v) is 40.1. The van der Waals surface area contributed by atoms with Gasteiger partial charge in [0.15, 0.2) is 34.5 Å². The maximum Gasteiger partial charge on any atom is 0.161 e. The van der Waals surface area contributed by atoms with Crippen molar-refractivity contribution in [3.8, 4) is 34.5 Å². The van der Waals surface area contributed by atoms with Crippen LogP contribution in [0.4, 0.5) is 0 Å². The van der Waals surface area contributed by atoms with E-state index in [1.54, 1.807) is 0 Å². The van der Waals surface area contributed by atoms with Gasteiger partial charge < -0.3 is 28.4 Å². The van der Waals surface area contributed by atoms with Crippen molar-refractivity contribution in [2.45, 2.75) is 182 Å². The lowest BCUT2D eigenvalue weighted by Gasteiger charge is -2.21. The quantitative estimate of drug-likeness (QED) is 0.0258. The van der Waals surface area contributed by atoms with Gasteiger partial charge in [0.25, 0.3) is 0 Å². The molecule has 7 heteroatoms. The van der Waals surface area contributed by atoms with Gasteiger partial charge in [0, 0.05) is 5.33 Å². The third kappa shape index (κ3) is 16.3. The molecule has 0 fully saturated rings. The smallest absolute Gasteiger partial charge is 0.161 e. The summed E-state index contributed by atoms with van der Waals surface area (Å²) in [5.74, 6) is 4.84. The zero-order chi connectivity index (χ0) is 42.6. The van der Waals surface area contributed by atoms with E-state index in [1.165, 1.54) is 64.2 Å². The second kappa shape index (κ2) is 30.1. The topological polar surface area (TPSA) is 55.4 Å². The van der Waals surface area contributed by atoms with Gasteiger partial charge in [0.1, 0.15) is 0 Å². The van der Waals surface area contributed by atoms with Gasteiger partial charge >= 0.3 is 0 Å². The molecule has 0 radical (unpaired) electrons. The van der Waals surface area contributed by atoms with Crippen molar-refractivity contribution in [3.05, 3.63) is 36.4 Å². The molecule has 0 bridgehead atoms. The van der Waals surface area contributed by atoms with Gasteiger partial charge in [-0.3, -0.25) is 0 Å². The number of alkyl halides is 1. The fraction of sp³-hybridized carbons (Fsp3) is 0.660. The van der Waals surface area contributed by atoms with Gasteiger partial charge in [-0.05, 0) is 120 Å². The van der Waals surface area contributed by atoms with Crippen molar-refractivity contribution in [1.29, 1.82) is 0 Å². The van der Waals surface area contributed by atoms with Crippen molar-refractivity contribution in [2.24, 2.45) is 0 Å². The number of rotatable bonds is 36. The summed E-state index contributed by atoms with van der Waals surface area (Å²) in [4.78, 5) is 0.